The monoisotopic (exact) mass is 217 g/mol. The van der Waals surface area contributed by atoms with Crippen molar-refractivity contribution < 1.29 is 9.53 Å². The number of aromatic nitrogens is 3. The molecule has 0 spiro atoms. The van der Waals surface area contributed by atoms with Crippen LogP contribution in [-0.4, -0.2) is 27.8 Å². The Hall–Kier alpha value is -2.17. The first-order valence-corrected chi connectivity index (χ1v) is 4.74. The largest absolute Gasteiger partial charge is 0.465 e. The molecular weight excluding hydrogens is 206 g/mol. The minimum atomic E-state index is -0.389. The van der Waals surface area contributed by atoms with Crippen molar-refractivity contribution in [3.63, 3.8) is 0 Å². The molecule has 5 nitrogen and oxygen atoms in total. The van der Waals surface area contributed by atoms with Gasteiger partial charge in [-0.25, -0.2) is 4.79 Å². The molecule has 0 amide bonds. The van der Waals surface area contributed by atoms with Crippen LogP contribution in [0.25, 0.3) is 11.3 Å². The lowest BCUT2D eigenvalue weighted by atomic mass is 10.1. The molecule has 0 atom stereocenters. The summed E-state index contributed by atoms with van der Waals surface area (Å²) in [6.07, 6.45) is 4.84. The fraction of sp³-hybridized carbons (Fsp3) is 0.182. The molecule has 0 saturated carbocycles. The van der Waals surface area contributed by atoms with E-state index >= 15 is 0 Å². The van der Waals surface area contributed by atoms with Crippen molar-refractivity contribution in [3.8, 4) is 11.3 Å². The summed E-state index contributed by atoms with van der Waals surface area (Å²) in [6, 6.07) is 3.65. The third-order valence-electron chi connectivity index (χ3n) is 2.30. The van der Waals surface area contributed by atoms with Crippen molar-refractivity contribution in [2.75, 3.05) is 7.11 Å². The van der Waals surface area contributed by atoms with Gasteiger partial charge in [0, 0.05) is 25.0 Å². The van der Waals surface area contributed by atoms with Crippen LogP contribution in [0.3, 0.4) is 0 Å². The summed E-state index contributed by atoms with van der Waals surface area (Å²) >= 11 is 0. The second kappa shape index (κ2) is 4.14. The van der Waals surface area contributed by atoms with Crippen LogP contribution < -0.4 is 0 Å². The summed E-state index contributed by atoms with van der Waals surface area (Å²) < 4.78 is 6.34. The van der Waals surface area contributed by atoms with E-state index < -0.39 is 0 Å². The normalized spacial score (nSPS) is 10.1. The number of methoxy groups -OCH3 is 1. The molecule has 0 aliphatic rings. The molecule has 82 valence electrons. The summed E-state index contributed by atoms with van der Waals surface area (Å²) in [5.41, 5.74) is 2.07. The summed E-state index contributed by atoms with van der Waals surface area (Å²) in [5, 5.41) is 4.06. The second-order valence-corrected chi connectivity index (χ2v) is 3.26. The third-order valence-corrected chi connectivity index (χ3v) is 2.30. The maximum absolute atomic E-state index is 11.5. The number of hydrogen-bond acceptors (Lipinski definition) is 4. The summed E-state index contributed by atoms with van der Waals surface area (Å²) in [7, 11) is 3.13. The predicted octanol–water partition coefficient (Wildman–Crippen LogP) is 1.27. The Balaban J connectivity index is 2.56. The Bertz CT molecular complexity index is 505. The Kier molecular flexibility index (Phi) is 2.68. The van der Waals surface area contributed by atoms with Crippen LogP contribution in [0.4, 0.5) is 0 Å². The van der Waals surface area contributed by atoms with Gasteiger partial charge in [-0.05, 0) is 12.1 Å². The lowest BCUT2D eigenvalue weighted by Crippen LogP contribution is -2.03. The Morgan fingerprint density at radius 1 is 1.38 bits per heavy atom. The second-order valence-electron chi connectivity index (χ2n) is 3.26. The van der Waals surface area contributed by atoms with E-state index in [1.54, 1.807) is 24.1 Å². The molecule has 2 aromatic heterocycles. The highest BCUT2D eigenvalue weighted by molar-refractivity contribution is 5.95. The van der Waals surface area contributed by atoms with Crippen molar-refractivity contribution in [1.82, 2.24) is 14.8 Å². The molecule has 0 radical (unpaired) electrons. The van der Waals surface area contributed by atoms with E-state index in [2.05, 4.69) is 10.1 Å². The number of aryl methyl sites for hydroxylation is 1. The number of hydrogen-bond donors (Lipinski definition) is 0. The predicted molar refractivity (Wildman–Crippen MR) is 57.8 cm³/mol. The molecule has 2 rings (SSSR count). The molecule has 2 aromatic rings. The van der Waals surface area contributed by atoms with Gasteiger partial charge in [-0.3, -0.25) is 9.67 Å². The Morgan fingerprint density at radius 2 is 2.06 bits per heavy atom. The smallest absolute Gasteiger partial charge is 0.341 e. The van der Waals surface area contributed by atoms with Crippen molar-refractivity contribution in [2.24, 2.45) is 7.05 Å². The van der Waals surface area contributed by atoms with Gasteiger partial charge in [0.15, 0.2) is 0 Å². The van der Waals surface area contributed by atoms with Crippen molar-refractivity contribution in [2.45, 2.75) is 0 Å². The van der Waals surface area contributed by atoms with Crippen LogP contribution in [0.1, 0.15) is 10.4 Å². The molecule has 16 heavy (non-hydrogen) atoms. The number of nitrogens with zero attached hydrogens (tertiary/aromatic N) is 3. The highest BCUT2D eigenvalue weighted by Crippen LogP contribution is 2.22. The van der Waals surface area contributed by atoms with Crippen LogP contribution in [0, 0.1) is 0 Å². The van der Waals surface area contributed by atoms with Gasteiger partial charge in [0.25, 0.3) is 0 Å². The molecule has 0 aliphatic heterocycles. The molecule has 0 aromatic carbocycles. The molecule has 0 saturated heterocycles. The van der Waals surface area contributed by atoms with E-state index in [1.807, 2.05) is 12.1 Å². The van der Waals surface area contributed by atoms with Crippen molar-refractivity contribution in [3.05, 3.63) is 36.3 Å². The number of pyridine rings is 1. The van der Waals surface area contributed by atoms with Gasteiger partial charge in [-0.2, -0.15) is 5.10 Å². The summed E-state index contributed by atoms with van der Waals surface area (Å²) in [6.45, 7) is 0. The number of ether oxygens (including phenoxy) is 1. The maximum Gasteiger partial charge on any atom is 0.341 e. The number of carbonyl (C=O) groups excluding carboxylic acids is 1. The SMILES string of the molecule is COC(=O)c1cnn(C)c1-c1ccncc1. The quantitative estimate of drug-likeness (QED) is 0.711. The third kappa shape index (κ3) is 1.67. The van der Waals surface area contributed by atoms with E-state index in [4.69, 9.17) is 4.74 Å². The van der Waals surface area contributed by atoms with E-state index in [1.165, 1.54) is 13.3 Å². The van der Waals surface area contributed by atoms with Crippen LogP contribution in [-0.2, 0) is 11.8 Å². The minimum absolute atomic E-state index is 0.389. The summed E-state index contributed by atoms with van der Waals surface area (Å²) in [4.78, 5) is 15.5. The number of carbonyl (C=O) groups is 1. The molecule has 0 aliphatic carbocycles. The highest BCUT2D eigenvalue weighted by Gasteiger charge is 2.17. The lowest BCUT2D eigenvalue weighted by Gasteiger charge is -2.04. The fourth-order valence-electron chi connectivity index (χ4n) is 1.55. The molecule has 2 heterocycles. The van der Waals surface area contributed by atoms with Gasteiger partial charge in [0.2, 0.25) is 0 Å². The number of rotatable bonds is 2. The van der Waals surface area contributed by atoms with Gasteiger partial charge in [-0.1, -0.05) is 0 Å². The van der Waals surface area contributed by atoms with Gasteiger partial charge < -0.3 is 4.74 Å². The lowest BCUT2D eigenvalue weighted by molar-refractivity contribution is 0.0601. The fourth-order valence-corrected chi connectivity index (χ4v) is 1.55. The first kappa shape index (κ1) is 10.4. The van der Waals surface area contributed by atoms with Gasteiger partial charge in [0.1, 0.15) is 5.56 Å². The van der Waals surface area contributed by atoms with Crippen molar-refractivity contribution in [1.29, 1.82) is 0 Å². The highest BCUT2D eigenvalue weighted by atomic mass is 16.5. The Morgan fingerprint density at radius 3 is 2.69 bits per heavy atom. The van der Waals surface area contributed by atoms with Crippen LogP contribution >= 0.6 is 0 Å². The average molecular weight is 217 g/mol. The zero-order valence-corrected chi connectivity index (χ0v) is 9.04. The summed E-state index contributed by atoms with van der Waals surface area (Å²) in [5.74, 6) is -0.389. The molecule has 5 heteroatoms. The molecular formula is C11H11N3O2. The first-order chi connectivity index (χ1) is 7.74. The van der Waals surface area contributed by atoms with E-state index in [9.17, 15) is 4.79 Å². The zero-order chi connectivity index (χ0) is 11.5. The number of esters is 1. The standard InChI is InChI=1S/C11H11N3O2/c1-14-10(8-3-5-12-6-4-8)9(7-13-14)11(15)16-2/h3-7H,1-2H3. The zero-order valence-electron chi connectivity index (χ0n) is 9.04. The minimum Gasteiger partial charge on any atom is -0.465 e. The van der Waals surface area contributed by atoms with Crippen molar-refractivity contribution >= 4 is 5.97 Å². The molecule has 0 unspecified atom stereocenters. The average Bonchev–Trinajstić information content (AvgIpc) is 2.71. The van der Waals surface area contributed by atoms with E-state index in [0.717, 1.165) is 11.3 Å². The van der Waals surface area contributed by atoms with Gasteiger partial charge >= 0.3 is 5.97 Å². The molecule has 0 N–H and O–H groups in total. The van der Waals surface area contributed by atoms with Crippen LogP contribution in [0.5, 0.6) is 0 Å². The van der Waals surface area contributed by atoms with E-state index in [-0.39, 0.29) is 5.97 Å². The van der Waals surface area contributed by atoms with E-state index in [0.29, 0.717) is 5.56 Å². The first-order valence-electron chi connectivity index (χ1n) is 4.74. The van der Waals surface area contributed by atoms with Gasteiger partial charge in [0.05, 0.1) is 19.0 Å². The maximum atomic E-state index is 11.5. The molecule has 0 bridgehead atoms. The van der Waals surface area contributed by atoms with Crippen LogP contribution in [0.15, 0.2) is 30.7 Å². The van der Waals surface area contributed by atoms with Crippen LogP contribution in [0.2, 0.25) is 0 Å². The Labute approximate surface area is 92.7 Å². The molecule has 0 fully saturated rings. The topological polar surface area (TPSA) is 57.0 Å². The van der Waals surface area contributed by atoms with Gasteiger partial charge in [-0.15, -0.1) is 0 Å².